The Kier molecular flexibility index (Phi) is 10.2. The highest BCUT2D eigenvalue weighted by Crippen LogP contribution is 2.20. The van der Waals surface area contributed by atoms with E-state index in [4.69, 9.17) is 10.5 Å². The van der Waals surface area contributed by atoms with Gasteiger partial charge in [-0.25, -0.2) is 0 Å². The van der Waals surface area contributed by atoms with E-state index < -0.39 is 0 Å². The molecule has 132 valence electrons. The van der Waals surface area contributed by atoms with E-state index in [0.717, 1.165) is 25.1 Å². The van der Waals surface area contributed by atoms with E-state index in [2.05, 4.69) is 17.0 Å². The van der Waals surface area contributed by atoms with Crippen LogP contribution in [0.15, 0.2) is 30.3 Å². The van der Waals surface area contributed by atoms with Crippen molar-refractivity contribution < 1.29 is 9.53 Å². The van der Waals surface area contributed by atoms with Crippen molar-refractivity contribution >= 4 is 36.4 Å². The third-order valence-electron chi connectivity index (χ3n) is 3.99. The van der Waals surface area contributed by atoms with Crippen LogP contribution in [0.4, 0.5) is 5.69 Å². The fraction of sp³-hybridized carbons (Fsp3) is 0.562. The van der Waals surface area contributed by atoms with Crippen molar-refractivity contribution in [1.29, 1.82) is 0 Å². The number of carbonyl (C=O) groups is 1. The van der Waals surface area contributed by atoms with Gasteiger partial charge in [-0.3, -0.25) is 4.79 Å². The number of ether oxygens (including phenoxy) is 1. The summed E-state index contributed by atoms with van der Waals surface area (Å²) in [5.74, 6) is 0.0624. The number of likely N-dealkylation sites (N-methyl/N-ethyl adjacent to an activating group) is 2. The minimum atomic E-state index is -0.314. The van der Waals surface area contributed by atoms with Gasteiger partial charge < -0.3 is 20.3 Å². The first-order chi connectivity index (χ1) is 10.1. The molecule has 0 aliphatic carbocycles. The molecule has 1 heterocycles. The predicted octanol–water partition coefficient (Wildman–Crippen LogP) is 1.93. The van der Waals surface area contributed by atoms with Gasteiger partial charge in [-0.05, 0) is 25.0 Å². The molecule has 1 aromatic carbocycles. The van der Waals surface area contributed by atoms with Crippen LogP contribution in [0.2, 0.25) is 0 Å². The number of nitrogens with zero attached hydrogens (tertiary/aromatic N) is 2. The lowest BCUT2D eigenvalue weighted by Gasteiger charge is -2.25. The van der Waals surface area contributed by atoms with E-state index in [1.165, 1.54) is 0 Å². The molecule has 0 aromatic heterocycles. The van der Waals surface area contributed by atoms with Crippen LogP contribution in [0.3, 0.4) is 0 Å². The maximum absolute atomic E-state index is 12.3. The van der Waals surface area contributed by atoms with Gasteiger partial charge in [-0.1, -0.05) is 18.2 Å². The number of hydrogen-bond acceptors (Lipinski definition) is 4. The normalized spacial score (nSPS) is 19.4. The first-order valence-corrected chi connectivity index (χ1v) is 7.48. The van der Waals surface area contributed by atoms with Crippen LogP contribution in [-0.2, 0) is 9.53 Å². The average molecular weight is 364 g/mol. The molecule has 1 fully saturated rings. The van der Waals surface area contributed by atoms with Crippen LogP contribution in [-0.4, -0.2) is 56.7 Å². The SMILES string of the molecule is CN(CCN(C)c1ccccc1)C(=O)[C@@H]1CC[C@H](CN)O1.Cl.Cl. The number of amides is 1. The van der Waals surface area contributed by atoms with E-state index in [-0.39, 0.29) is 42.9 Å². The third kappa shape index (κ3) is 6.18. The summed E-state index contributed by atoms with van der Waals surface area (Å²) in [4.78, 5) is 16.2. The molecule has 1 amide bonds. The van der Waals surface area contributed by atoms with Gasteiger partial charge in [0.2, 0.25) is 0 Å². The van der Waals surface area contributed by atoms with E-state index in [1.807, 2.05) is 32.3 Å². The molecule has 1 saturated heterocycles. The number of halogens is 2. The highest BCUT2D eigenvalue weighted by molar-refractivity contribution is 5.85. The molecule has 0 radical (unpaired) electrons. The van der Waals surface area contributed by atoms with Crippen LogP contribution < -0.4 is 10.6 Å². The molecule has 1 aromatic rings. The number of hydrogen-bond donors (Lipinski definition) is 1. The van der Waals surface area contributed by atoms with E-state index in [0.29, 0.717) is 13.1 Å². The van der Waals surface area contributed by atoms with Crippen LogP contribution >= 0.6 is 24.8 Å². The van der Waals surface area contributed by atoms with Gasteiger partial charge in [-0.15, -0.1) is 24.8 Å². The quantitative estimate of drug-likeness (QED) is 0.838. The van der Waals surface area contributed by atoms with Crippen LogP contribution in [0.25, 0.3) is 0 Å². The lowest BCUT2D eigenvalue weighted by Crippen LogP contribution is -2.40. The molecule has 0 saturated carbocycles. The zero-order valence-electron chi connectivity index (χ0n) is 13.7. The highest BCUT2D eigenvalue weighted by atomic mass is 35.5. The first-order valence-electron chi connectivity index (χ1n) is 7.48. The summed E-state index contributed by atoms with van der Waals surface area (Å²) in [5, 5.41) is 0. The lowest BCUT2D eigenvalue weighted by atomic mass is 10.2. The van der Waals surface area contributed by atoms with Crippen molar-refractivity contribution in [3.05, 3.63) is 30.3 Å². The van der Waals surface area contributed by atoms with Gasteiger partial charge in [0, 0.05) is 39.4 Å². The van der Waals surface area contributed by atoms with Gasteiger partial charge in [0.05, 0.1) is 6.10 Å². The maximum atomic E-state index is 12.3. The molecule has 7 heteroatoms. The molecule has 0 bridgehead atoms. The van der Waals surface area contributed by atoms with Gasteiger partial charge in [-0.2, -0.15) is 0 Å². The molecule has 2 N–H and O–H groups in total. The minimum Gasteiger partial charge on any atom is -0.373 e. The molecule has 5 nitrogen and oxygen atoms in total. The summed E-state index contributed by atoms with van der Waals surface area (Å²) < 4.78 is 5.66. The molecule has 1 aliphatic heterocycles. The second-order valence-corrected chi connectivity index (χ2v) is 5.58. The zero-order valence-corrected chi connectivity index (χ0v) is 15.3. The molecule has 0 spiro atoms. The Morgan fingerprint density at radius 2 is 1.83 bits per heavy atom. The summed E-state index contributed by atoms with van der Waals surface area (Å²) in [6.07, 6.45) is 1.38. The topological polar surface area (TPSA) is 58.8 Å². The monoisotopic (exact) mass is 363 g/mol. The van der Waals surface area contributed by atoms with Gasteiger partial charge in [0.15, 0.2) is 0 Å². The summed E-state index contributed by atoms with van der Waals surface area (Å²) in [5.41, 5.74) is 6.73. The number of rotatable bonds is 6. The fourth-order valence-electron chi connectivity index (χ4n) is 2.53. The predicted molar refractivity (Wildman–Crippen MR) is 98.8 cm³/mol. The fourth-order valence-corrected chi connectivity index (χ4v) is 2.53. The second-order valence-electron chi connectivity index (χ2n) is 5.58. The van der Waals surface area contributed by atoms with Gasteiger partial charge in [0.25, 0.3) is 5.91 Å². The van der Waals surface area contributed by atoms with Crippen LogP contribution in [0, 0.1) is 0 Å². The standard InChI is InChI=1S/C16H25N3O2.2ClH/c1-18(13-6-4-3-5-7-13)10-11-19(2)16(20)15-9-8-14(12-17)21-15;;/h3-7,14-15H,8-12,17H2,1-2H3;2*1H/t14-,15+;;/m1../s1. The lowest BCUT2D eigenvalue weighted by molar-refractivity contribution is -0.141. The Morgan fingerprint density at radius 3 is 2.39 bits per heavy atom. The summed E-state index contributed by atoms with van der Waals surface area (Å²) >= 11 is 0. The molecular weight excluding hydrogens is 337 g/mol. The van der Waals surface area contributed by atoms with Gasteiger partial charge in [0.1, 0.15) is 6.10 Å². The molecule has 1 aliphatic rings. The molecular formula is C16H27Cl2N3O2. The summed E-state index contributed by atoms with van der Waals surface area (Å²) in [7, 11) is 3.87. The second kappa shape index (κ2) is 10.7. The van der Waals surface area contributed by atoms with Crippen molar-refractivity contribution in [1.82, 2.24) is 4.90 Å². The van der Waals surface area contributed by atoms with Crippen molar-refractivity contribution in [2.24, 2.45) is 5.73 Å². The van der Waals surface area contributed by atoms with Crippen LogP contribution in [0.1, 0.15) is 12.8 Å². The Morgan fingerprint density at radius 1 is 1.17 bits per heavy atom. The van der Waals surface area contributed by atoms with Crippen molar-refractivity contribution in [2.45, 2.75) is 25.0 Å². The summed E-state index contributed by atoms with van der Waals surface area (Å²) in [6.45, 7) is 1.96. The van der Waals surface area contributed by atoms with Crippen LogP contribution in [0.5, 0.6) is 0 Å². The third-order valence-corrected chi connectivity index (χ3v) is 3.99. The number of nitrogens with two attached hydrogens (primary N) is 1. The van der Waals surface area contributed by atoms with Crippen molar-refractivity contribution in [3.8, 4) is 0 Å². The van der Waals surface area contributed by atoms with Gasteiger partial charge >= 0.3 is 0 Å². The first kappa shape index (κ1) is 22.0. The largest absolute Gasteiger partial charge is 0.373 e. The number of anilines is 1. The zero-order chi connectivity index (χ0) is 15.2. The summed E-state index contributed by atoms with van der Waals surface area (Å²) in [6, 6.07) is 10.2. The van der Waals surface area contributed by atoms with Crippen molar-refractivity contribution in [3.63, 3.8) is 0 Å². The molecule has 0 unspecified atom stereocenters. The minimum absolute atomic E-state index is 0. The Balaban J connectivity index is 0.00000242. The average Bonchev–Trinajstić information content (AvgIpc) is 3.01. The van der Waals surface area contributed by atoms with E-state index >= 15 is 0 Å². The Labute approximate surface area is 151 Å². The van der Waals surface area contributed by atoms with E-state index in [9.17, 15) is 4.79 Å². The maximum Gasteiger partial charge on any atom is 0.251 e. The molecule has 2 rings (SSSR count). The number of para-hydroxylation sites is 1. The Bertz CT molecular complexity index is 462. The van der Waals surface area contributed by atoms with Crippen molar-refractivity contribution in [2.75, 3.05) is 38.6 Å². The highest BCUT2D eigenvalue weighted by Gasteiger charge is 2.31. The number of benzene rings is 1. The molecule has 2 atom stereocenters. The molecule has 23 heavy (non-hydrogen) atoms. The van der Waals surface area contributed by atoms with E-state index in [1.54, 1.807) is 4.90 Å². The smallest absolute Gasteiger partial charge is 0.251 e. The Hall–Kier alpha value is -1.01. The number of carbonyl (C=O) groups excluding carboxylic acids is 1.